The van der Waals surface area contributed by atoms with Crippen molar-refractivity contribution in [2.24, 2.45) is 0 Å². The first-order chi connectivity index (χ1) is 5.70. The van der Waals surface area contributed by atoms with Crippen LogP contribution in [0.25, 0.3) is 5.57 Å². The highest BCUT2D eigenvalue weighted by Crippen LogP contribution is 2.14. The minimum absolute atomic E-state index is 0.937. The fraction of sp³-hybridized carbons (Fsp3) is 0.0909. The van der Waals surface area contributed by atoms with Crippen LogP contribution in [0.3, 0.4) is 0 Å². The van der Waals surface area contributed by atoms with Crippen LogP contribution in [0.5, 0.6) is 0 Å². The molecule has 1 aromatic heterocycles. The van der Waals surface area contributed by atoms with Crippen LogP contribution in [0.2, 0.25) is 0 Å². The Morgan fingerprint density at radius 1 is 1.42 bits per heavy atom. The minimum atomic E-state index is 0.937. The van der Waals surface area contributed by atoms with Crippen molar-refractivity contribution < 1.29 is 4.42 Å². The van der Waals surface area contributed by atoms with Gasteiger partial charge in [0.2, 0.25) is 0 Å². The molecule has 0 aliphatic carbocycles. The van der Waals surface area contributed by atoms with Crippen molar-refractivity contribution in [1.82, 2.24) is 0 Å². The van der Waals surface area contributed by atoms with Gasteiger partial charge in [-0.2, -0.15) is 0 Å². The molecule has 0 unspecified atom stereocenters. The van der Waals surface area contributed by atoms with Gasteiger partial charge < -0.3 is 4.42 Å². The lowest BCUT2D eigenvalue weighted by Crippen LogP contribution is -1.72. The van der Waals surface area contributed by atoms with E-state index in [4.69, 9.17) is 4.42 Å². The van der Waals surface area contributed by atoms with E-state index in [0.717, 1.165) is 16.7 Å². The number of rotatable bonds is 3. The first-order valence-corrected chi connectivity index (χ1v) is 3.75. The molecule has 0 aromatic carbocycles. The maximum Gasteiger partial charge on any atom is 0.0980 e. The van der Waals surface area contributed by atoms with Crippen LogP contribution in [0.15, 0.2) is 53.9 Å². The molecule has 1 rings (SSSR count). The number of hydrogen-bond donors (Lipinski definition) is 0. The van der Waals surface area contributed by atoms with Crippen LogP contribution in [0, 0.1) is 0 Å². The largest absolute Gasteiger partial charge is 0.472 e. The van der Waals surface area contributed by atoms with Gasteiger partial charge in [0.15, 0.2) is 0 Å². The van der Waals surface area contributed by atoms with Gasteiger partial charge in [0.1, 0.15) is 0 Å². The zero-order valence-corrected chi connectivity index (χ0v) is 7.21. The summed E-state index contributed by atoms with van der Waals surface area (Å²) in [4.78, 5) is 0. The summed E-state index contributed by atoms with van der Waals surface area (Å²) in [7, 11) is 0. The van der Waals surface area contributed by atoms with Crippen molar-refractivity contribution in [3.63, 3.8) is 0 Å². The molecule has 0 N–H and O–H groups in total. The Hall–Kier alpha value is -1.50. The van der Waals surface area contributed by atoms with E-state index in [1.807, 2.05) is 25.1 Å². The fourth-order valence-electron chi connectivity index (χ4n) is 0.786. The highest BCUT2D eigenvalue weighted by atomic mass is 16.3. The zero-order chi connectivity index (χ0) is 8.97. The first-order valence-electron chi connectivity index (χ1n) is 3.75. The van der Waals surface area contributed by atoms with E-state index in [9.17, 15) is 0 Å². The number of furan rings is 1. The van der Waals surface area contributed by atoms with Gasteiger partial charge in [0, 0.05) is 5.56 Å². The molecule has 1 heteroatoms. The quantitative estimate of drug-likeness (QED) is 0.617. The maximum atomic E-state index is 4.93. The lowest BCUT2D eigenvalue weighted by atomic mass is 10.1. The SMILES string of the molecule is C=C(C)/C=C\C(=C)c1ccoc1. The Bertz CT molecular complexity index is 302. The summed E-state index contributed by atoms with van der Waals surface area (Å²) in [5.41, 5.74) is 2.96. The van der Waals surface area contributed by atoms with E-state index in [0.29, 0.717) is 0 Å². The summed E-state index contributed by atoms with van der Waals surface area (Å²) in [6, 6.07) is 1.88. The zero-order valence-electron chi connectivity index (χ0n) is 7.21. The normalized spacial score (nSPS) is 10.4. The summed E-state index contributed by atoms with van der Waals surface area (Å²) in [5.74, 6) is 0. The second-order valence-electron chi connectivity index (χ2n) is 2.72. The molecule has 0 saturated carbocycles. The maximum absolute atomic E-state index is 4.93. The van der Waals surface area contributed by atoms with Crippen LogP contribution in [0.4, 0.5) is 0 Å². The van der Waals surface area contributed by atoms with E-state index in [1.165, 1.54) is 0 Å². The molecular weight excluding hydrogens is 148 g/mol. The second kappa shape index (κ2) is 3.77. The molecule has 1 nitrogen and oxygen atoms in total. The van der Waals surface area contributed by atoms with Gasteiger partial charge in [-0.1, -0.05) is 30.9 Å². The van der Waals surface area contributed by atoms with E-state index in [1.54, 1.807) is 12.5 Å². The fourth-order valence-corrected chi connectivity index (χ4v) is 0.786. The van der Waals surface area contributed by atoms with Crippen LogP contribution in [-0.2, 0) is 0 Å². The summed E-state index contributed by atoms with van der Waals surface area (Å²) >= 11 is 0. The molecule has 0 spiro atoms. The molecule has 0 atom stereocenters. The molecule has 0 aliphatic rings. The predicted molar refractivity (Wildman–Crippen MR) is 51.7 cm³/mol. The molecule has 12 heavy (non-hydrogen) atoms. The molecule has 0 saturated heterocycles. The van der Waals surface area contributed by atoms with Crippen LogP contribution < -0.4 is 0 Å². The van der Waals surface area contributed by atoms with Crippen molar-refractivity contribution in [3.8, 4) is 0 Å². The predicted octanol–water partition coefficient (Wildman–Crippen LogP) is 3.43. The molecule has 62 valence electrons. The summed E-state index contributed by atoms with van der Waals surface area (Å²) in [6.45, 7) is 9.58. The average Bonchev–Trinajstić information content (AvgIpc) is 2.51. The smallest absolute Gasteiger partial charge is 0.0980 e. The van der Waals surface area contributed by atoms with Crippen molar-refractivity contribution in [2.45, 2.75) is 6.92 Å². The third-order valence-corrected chi connectivity index (χ3v) is 1.46. The molecule has 1 aromatic rings. The third-order valence-electron chi connectivity index (χ3n) is 1.46. The molecule has 1 heterocycles. The molecule has 0 bridgehead atoms. The van der Waals surface area contributed by atoms with Gasteiger partial charge >= 0.3 is 0 Å². The summed E-state index contributed by atoms with van der Waals surface area (Å²) in [5, 5.41) is 0. The monoisotopic (exact) mass is 160 g/mol. The van der Waals surface area contributed by atoms with Crippen molar-refractivity contribution in [2.75, 3.05) is 0 Å². The molecule has 0 amide bonds. The summed E-state index contributed by atoms with van der Waals surface area (Å²) < 4.78 is 4.93. The van der Waals surface area contributed by atoms with Gasteiger partial charge in [0.05, 0.1) is 12.5 Å². The first kappa shape index (κ1) is 8.60. The van der Waals surface area contributed by atoms with Gasteiger partial charge in [-0.25, -0.2) is 0 Å². The lowest BCUT2D eigenvalue weighted by Gasteiger charge is -1.92. The third kappa shape index (κ3) is 2.27. The molecular formula is C11H12O. The Labute approximate surface area is 72.7 Å². The Morgan fingerprint density at radius 3 is 2.67 bits per heavy atom. The summed E-state index contributed by atoms with van der Waals surface area (Å²) in [6.07, 6.45) is 7.16. The average molecular weight is 160 g/mol. The van der Waals surface area contributed by atoms with Crippen molar-refractivity contribution >= 4 is 5.57 Å². The van der Waals surface area contributed by atoms with Crippen molar-refractivity contribution in [3.05, 3.63) is 55.0 Å². The minimum Gasteiger partial charge on any atom is -0.472 e. The van der Waals surface area contributed by atoms with Gasteiger partial charge in [-0.3, -0.25) is 0 Å². The molecule has 0 fully saturated rings. The van der Waals surface area contributed by atoms with E-state index >= 15 is 0 Å². The van der Waals surface area contributed by atoms with Gasteiger partial charge in [-0.15, -0.1) is 0 Å². The lowest BCUT2D eigenvalue weighted by molar-refractivity contribution is 0.566. The highest BCUT2D eigenvalue weighted by molar-refractivity contribution is 5.71. The van der Waals surface area contributed by atoms with E-state index in [2.05, 4.69) is 13.2 Å². The van der Waals surface area contributed by atoms with Crippen LogP contribution >= 0.6 is 0 Å². The number of allylic oxidation sites excluding steroid dienone is 4. The Morgan fingerprint density at radius 2 is 2.17 bits per heavy atom. The second-order valence-corrected chi connectivity index (χ2v) is 2.72. The molecule has 0 aliphatic heterocycles. The van der Waals surface area contributed by atoms with E-state index in [-0.39, 0.29) is 0 Å². The van der Waals surface area contributed by atoms with Crippen molar-refractivity contribution in [1.29, 1.82) is 0 Å². The van der Waals surface area contributed by atoms with Crippen LogP contribution in [0.1, 0.15) is 12.5 Å². The van der Waals surface area contributed by atoms with Gasteiger partial charge in [0.25, 0.3) is 0 Å². The Kier molecular flexibility index (Phi) is 2.70. The Balaban J connectivity index is 2.68. The van der Waals surface area contributed by atoms with Crippen LogP contribution in [-0.4, -0.2) is 0 Å². The molecule has 0 radical (unpaired) electrons. The topological polar surface area (TPSA) is 13.1 Å². The highest BCUT2D eigenvalue weighted by Gasteiger charge is 1.94. The standard InChI is InChI=1S/C11H12O/c1-9(2)4-5-10(3)11-6-7-12-8-11/h4-8H,1,3H2,2H3/b5-4-. The number of hydrogen-bond acceptors (Lipinski definition) is 1. The van der Waals surface area contributed by atoms with E-state index < -0.39 is 0 Å². The van der Waals surface area contributed by atoms with Gasteiger partial charge in [-0.05, 0) is 18.6 Å².